The molecule has 0 fully saturated rings. The van der Waals surface area contributed by atoms with Crippen molar-refractivity contribution in [3.8, 4) is 5.75 Å². The van der Waals surface area contributed by atoms with E-state index in [2.05, 4.69) is 36.4 Å². The highest BCUT2D eigenvalue weighted by Crippen LogP contribution is 2.24. The Kier molecular flexibility index (Phi) is 4.79. The Morgan fingerprint density at radius 1 is 1.35 bits per heavy atom. The Hall–Kier alpha value is -1.81. The van der Waals surface area contributed by atoms with Gasteiger partial charge in [-0.3, -0.25) is 4.68 Å². The summed E-state index contributed by atoms with van der Waals surface area (Å²) >= 11 is 0. The molecule has 1 atom stereocenters. The van der Waals surface area contributed by atoms with Crippen LogP contribution in [0.25, 0.3) is 0 Å². The second kappa shape index (κ2) is 6.57. The van der Waals surface area contributed by atoms with Crippen molar-refractivity contribution in [1.29, 1.82) is 0 Å². The number of aromatic nitrogens is 2. The molecule has 4 nitrogen and oxygen atoms in total. The van der Waals surface area contributed by atoms with E-state index in [9.17, 15) is 0 Å². The molecule has 0 aliphatic rings. The number of nitrogens with one attached hydrogen (secondary N) is 1. The monoisotopic (exact) mass is 273 g/mol. The van der Waals surface area contributed by atoms with E-state index in [0.717, 1.165) is 24.5 Å². The molecule has 1 heterocycles. The van der Waals surface area contributed by atoms with Crippen LogP contribution in [0.1, 0.15) is 36.8 Å². The highest BCUT2D eigenvalue weighted by Gasteiger charge is 2.11. The number of benzene rings is 1. The first-order valence-electron chi connectivity index (χ1n) is 7.05. The summed E-state index contributed by atoms with van der Waals surface area (Å²) in [5, 5.41) is 8.00. The average molecular weight is 273 g/mol. The number of aryl methyl sites for hydroxylation is 2. The second-order valence-electron chi connectivity index (χ2n) is 4.94. The Morgan fingerprint density at radius 2 is 2.10 bits per heavy atom. The molecule has 108 valence electrons. The van der Waals surface area contributed by atoms with Crippen molar-refractivity contribution >= 4 is 0 Å². The van der Waals surface area contributed by atoms with Crippen molar-refractivity contribution in [1.82, 2.24) is 15.1 Å². The SMILES string of the molecule is CCn1nc(C)cc1CN[C@H](C)c1ccccc1OC. The summed E-state index contributed by atoms with van der Waals surface area (Å²) in [6.07, 6.45) is 0. The molecule has 20 heavy (non-hydrogen) atoms. The van der Waals surface area contributed by atoms with Gasteiger partial charge in [0.25, 0.3) is 0 Å². The standard InChI is InChI=1S/C16H23N3O/c1-5-19-14(10-12(2)18-19)11-17-13(3)15-8-6-7-9-16(15)20-4/h6-10,13,17H,5,11H2,1-4H3/t13-/m1/s1. The summed E-state index contributed by atoms with van der Waals surface area (Å²) in [6, 6.07) is 10.5. The van der Waals surface area contributed by atoms with E-state index in [1.807, 2.05) is 29.8 Å². The molecule has 0 bridgehead atoms. The maximum atomic E-state index is 5.41. The number of methoxy groups -OCH3 is 1. The fourth-order valence-corrected chi connectivity index (χ4v) is 2.41. The molecular weight excluding hydrogens is 250 g/mol. The molecular formula is C16H23N3O. The average Bonchev–Trinajstić information content (AvgIpc) is 2.84. The van der Waals surface area contributed by atoms with Gasteiger partial charge in [0.15, 0.2) is 0 Å². The van der Waals surface area contributed by atoms with Crippen LogP contribution in [0, 0.1) is 6.92 Å². The summed E-state index contributed by atoms with van der Waals surface area (Å²) in [5.41, 5.74) is 3.45. The highest BCUT2D eigenvalue weighted by molar-refractivity contribution is 5.35. The van der Waals surface area contributed by atoms with E-state index >= 15 is 0 Å². The first-order chi connectivity index (χ1) is 9.65. The van der Waals surface area contributed by atoms with Gasteiger partial charge in [0.2, 0.25) is 0 Å². The van der Waals surface area contributed by atoms with Gasteiger partial charge >= 0.3 is 0 Å². The molecule has 0 saturated heterocycles. The molecule has 0 spiro atoms. The van der Waals surface area contributed by atoms with E-state index in [0.29, 0.717) is 0 Å². The molecule has 0 saturated carbocycles. The maximum absolute atomic E-state index is 5.41. The lowest BCUT2D eigenvalue weighted by Crippen LogP contribution is -2.20. The number of rotatable bonds is 6. The molecule has 1 N–H and O–H groups in total. The zero-order valence-electron chi connectivity index (χ0n) is 12.7. The Bertz CT molecular complexity index is 563. The third-order valence-corrected chi connectivity index (χ3v) is 3.48. The van der Waals surface area contributed by atoms with Gasteiger partial charge in [-0.2, -0.15) is 5.10 Å². The van der Waals surface area contributed by atoms with Crippen LogP contribution in [0.3, 0.4) is 0 Å². The minimum atomic E-state index is 0.228. The minimum absolute atomic E-state index is 0.228. The van der Waals surface area contributed by atoms with Gasteiger partial charge in [-0.05, 0) is 32.9 Å². The predicted molar refractivity (Wildman–Crippen MR) is 80.9 cm³/mol. The van der Waals surface area contributed by atoms with Crippen molar-refractivity contribution in [3.05, 3.63) is 47.3 Å². The van der Waals surface area contributed by atoms with Crippen molar-refractivity contribution in [2.24, 2.45) is 0 Å². The fraction of sp³-hybridized carbons (Fsp3) is 0.438. The van der Waals surface area contributed by atoms with Crippen LogP contribution in [0.2, 0.25) is 0 Å². The third-order valence-electron chi connectivity index (χ3n) is 3.48. The van der Waals surface area contributed by atoms with Crippen LogP contribution in [0.15, 0.2) is 30.3 Å². The smallest absolute Gasteiger partial charge is 0.123 e. The van der Waals surface area contributed by atoms with Gasteiger partial charge in [-0.25, -0.2) is 0 Å². The van der Waals surface area contributed by atoms with Crippen LogP contribution in [0.5, 0.6) is 5.75 Å². The summed E-state index contributed by atoms with van der Waals surface area (Å²) in [6.45, 7) is 7.98. The summed E-state index contributed by atoms with van der Waals surface area (Å²) in [7, 11) is 1.71. The van der Waals surface area contributed by atoms with Crippen molar-refractivity contribution in [3.63, 3.8) is 0 Å². The molecule has 0 aliphatic heterocycles. The van der Waals surface area contributed by atoms with Crippen molar-refractivity contribution < 1.29 is 4.74 Å². The molecule has 1 aromatic heterocycles. The fourth-order valence-electron chi connectivity index (χ4n) is 2.41. The largest absolute Gasteiger partial charge is 0.496 e. The number of hydrogen-bond acceptors (Lipinski definition) is 3. The zero-order valence-corrected chi connectivity index (χ0v) is 12.7. The van der Waals surface area contributed by atoms with E-state index < -0.39 is 0 Å². The van der Waals surface area contributed by atoms with Gasteiger partial charge < -0.3 is 10.1 Å². The van der Waals surface area contributed by atoms with Crippen LogP contribution in [-0.2, 0) is 13.1 Å². The molecule has 0 radical (unpaired) electrons. The number of nitrogens with zero attached hydrogens (tertiary/aromatic N) is 2. The van der Waals surface area contributed by atoms with Crippen LogP contribution in [0.4, 0.5) is 0 Å². The van der Waals surface area contributed by atoms with Crippen molar-refractivity contribution in [2.45, 2.75) is 39.9 Å². The summed E-state index contributed by atoms with van der Waals surface area (Å²) in [4.78, 5) is 0. The molecule has 4 heteroatoms. The highest BCUT2D eigenvalue weighted by atomic mass is 16.5. The second-order valence-corrected chi connectivity index (χ2v) is 4.94. The summed E-state index contributed by atoms with van der Waals surface area (Å²) < 4.78 is 7.45. The predicted octanol–water partition coefficient (Wildman–Crippen LogP) is 3.07. The van der Waals surface area contributed by atoms with Crippen LogP contribution in [-0.4, -0.2) is 16.9 Å². The number of ether oxygens (including phenoxy) is 1. The first kappa shape index (κ1) is 14.6. The van der Waals surface area contributed by atoms with Crippen LogP contribution >= 0.6 is 0 Å². The number of hydrogen-bond donors (Lipinski definition) is 1. The van der Waals surface area contributed by atoms with Gasteiger partial charge in [0.05, 0.1) is 18.5 Å². The van der Waals surface area contributed by atoms with E-state index in [1.165, 1.54) is 11.3 Å². The molecule has 2 aromatic rings. The Balaban J connectivity index is 2.06. The maximum Gasteiger partial charge on any atom is 0.123 e. The quantitative estimate of drug-likeness (QED) is 0.879. The summed E-state index contributed by atoms with van der Waals surface area (Å²) in [5.74, 6) is 0.924. The molecule has 2 rings (SSSR count). The Morgan fingerprint density at radius 3 is 2.80 bits per heavy atom. The topological polar surface area (TPSA) is 39.1 Å². The lowest BCUT2D eigenvalue weighted by molar-refractivity contribution is 0.400. The van der Waals surface area contributed by atoms with E-state index in [-0.39, 0.29) is 6.04 Å². The van der Waals surface area contributed by atoms with Crippen molar-refractivity contribution in [2.75, 3.05) is 7.11 Å². The van der Waals surface area contributed by atoms with Gasteiger partial charge in [0, 0.05) is 24.7 Å². The molecule has 0 unspecified atom stereocenters. The lowest BCUT2D eigenvalue weighted by atomic mass is 10.1. The van der Waals surface area contributed by atoms with Gasteiger partial charge in [0.1, 0.15) is 5.75 Å². The zero-order chi connectivity index (χ0) is 14.5. The minimum Gasteiger partial charge on any atom is -0.496 e. The molecule has 1 aromatic carbocycles. The Labute approximate surface area is 120 Å². The normalized spacial score (nSPS) is 12.4. The third kappa shape index (κ3) is 3.20. The van der Waals surface area contributed by atoms with Gasteiger partial charge in [-0.15, -0.1) is 0 Å². The van der Waals surface area contributed by atoms with E-state index in [4.69, 9.17) is 4.74 Å². The van der Waals surface area contributed by atoms with Crippen LogP contribution < -0.4 is 10.1 Å². The van der Waals surface area contributed by atoms with Gasteiger partial charge in [-0.1, -0.05) is 18.2 Å². The number of para-hydroxylation sites is 1. The lowest BCUT2D eigenvalue weighted by Gasteiger charge is -2.17. The molecule has 0 aliphatic carbocycles. The first-order valence-corrected chi connectivity index (χ1v) is 7.05. The molecule has 0 amide bonds. The van der Waals surface area contributed by atoms with E-state index in [1.54, 1.807) is 7.11 Å².